The highest BCUT2D eigenvalue weighted by atomic mass is 32.2. The highest BCUT2D eigenvalue weighted by molar-refractivity contribution is 7.99. The molecule has 1 aliphatic heterocycles. The van der Waals surface area contributed by atoms with Crippen molar-refractivity contribution in [1.29, 1.82) is 5.26 Å². The van der Waals surface area contributed by atoms with Crippen LogP contribution in [-0.2, 0) is 9.53 Å². The fourth-order valence-electron chi connectivity index (χ4n) is 1.91. The summed E-state index contributed by atoms with van der Waals surface area (Å²) in [6, 6.07) is 0.866. The van der Waals surface area contributed by atoms with E-state index >= 15 is 0 Å². The summed E-state index contributed by atoms with van der Waals surface area (Å²) in [6.07, 6.45) is 0.218. The number of carbonyl (C=O) groups excluding carboxylic acids is 1. The molecule has 1 rings (SSSR count). The van der Waals surface area contributed by atoms with E-state index in [9.17, 15) is 14.7 Å². The van der Waals surface area contributed by atoms with Crippen molar-refractivity contribution < 1.29 is 19.4 Å². The number of carboxylic acids is 1. The molecule has 0 bridgehead atoms. The molecule has 1 aliphatic rings. The highest BCUT2D eigenvalue weighted by Gasteiger charge is 2.34. The lowest BCUT2D eigenvalue weighted by molar-refractivity contribution is -0.141. The molecule has 2 amide bonds. The minimum atomic E-state index is -0.988. The van der Waals surface area contributed by atoms with Crippen LogP contribution in [0.1, 0.15) is 6.42 Å². The van der Waals surface area contributed by atoms with Crippen molar-refractivity contribution in [2.75, 3.05) is 44.9 Å². The molecule has 1 saturated heterocycles. The molecular weight excluding hydrogens is 282 g/mol. The predicted octanol–water partition coefficient (Wildman–Crippen LogP) is 0.470. The second kappa shape index (κ2) is 8.66. The number of hydrogen-bond donors (Lipinski definition) is 1. The summed E-state index contributed by atoms with van der Waals surface area (Å²) < 4.78 is 4.95. The first-order valence-electron chi connectivity index (χ1n) is 6.33. The van der Waals surface area contributed by atoms with E-state index in [0.717, 1.165) is 5.75 Å². The molecule has 112 valence electrons. The van der Waals surface area contributed by atoms with Crippen molar-refractivity contribution >= 4 is 23.8 Å². The van der Waals surface area contributed by atoms with Crippen LogP contribution in [0.5, 0.6) is 0 Å². The van der Waals surface area contributed by atoms with Crippen molar-refractivity contribution in [2.45, 2.75) is 12.5 Å². The van der Waals surface area contributed by atoms with Gasteiger partial charge in [0.1, 0.15) is 6.04 Å². The number of amides is 2. The standard InChI is InChI=1S/C12H19N3O4S/c1-19-7-5-14(4-2-3-13)12(18)15-6-8-20-9-10(15)11(16)17/h10H,2,4-9H2,1H3,(H,16,17). The maximum Gasteiger partial charge on any atom is 0.327 e. The third-order valence-corrected chi connectivity index (χ3v) is 4.01. The number of ether oxygens (including phenoxy) is 1. The van der Waals surface area contributed by atoms with Crippen LogP contribution >= 0.6 is 11.8 Å². The first-order chi connectivity index (χ1) is 9.61. The number of carboxylic acid groups (broad SMARTS) is 1. The first-order valence-corrected chi connectivity index (χ1v) is 7.49. The summed E-state index contributed by atoms with van der Waals surface area (Å²) in [5, 5.41) is 17.8. The van der Waals surface area contributed by atoms with Gasteiger partial charge in [-0.25, -0.2) is 9.59 Å². The Labute approximate surface area is 122 Å². The van der Waals surface area contributed by atoms with Crippen LogP contribution in [0.3, 0.4) is 0 Å². The van der Waals surface area contributed by atoms with Gasteiger partial charge in [-0.2, -0.15) is 17.0 Å². The van der Waals surface area contributed by atoms with Gasteiger partial charge in [-0.05, 0) is 0 Å². The molecular formula is C12H19N3O4S. The lowest BCUT2D eigenvalue weighted by Gasteiger charge is -2.36. The zero-order valence-electron chi connectivity index (χ0n) is 11.4. The minimum absolute atomic E-state index is 0.218. The zero-order chi connectivity index (χ0) is 15.0. The van der Waals surface area contributed by atoms with Gasteiger partial charge in [0.25, 0.3) is 0 Å². The Morgan fingerprint density at radius 1 is 1.55 bits per heavy atom. The van der Waals surface area contributed by atoms with E-state index in [2.05, 4.69) is 0 Å². The Hall–Kier alpha value is -1.46. The average molecular weight is 301 g/mol. The Morgan fingerprint density at radius 3 is 2.90 bits per heavy atom. The number of thioether (sulfide) groups is 1. The van der Waals surface area contributed by atoms with Gasteiger partial charge < -0.3 is 19.6 Å². The topological polar surface area (TPSA) is 93.9 Å². The molecule has 1 atom stereocenters. The van der Waals surface area contributed by atoms with Gasteiger partial charge in [0.2, 0.25) is 0 Å². The summed E-state index contributed by atoms with van der Waals surface area (Å²) >= 11 is 1.53. The molecule has 0 aromatic rings. The minimum Gasteiger partial charge on any atom is -0.480 e. The lowest BCUT2D eigenvalue weighted by Crippen LogP contribution is -2.55. The number of methoxy groups -OCH3 is 1. The van der Waals surface area contributed by atoms with E-state index in [1.54, 1.807) is 0 Å². The van der Waals surface area contributed by atoms with E-state index in [0.29, 0.717) is 25.4 Å². The van der Waals surface area contributed by atoms with Crippen molar-refractivity contribution in [3.8, 4) is 6.07 Å². The van der Waals surface area contributed by atoms with Gasteiger partial charge in [0, 0.05) is 38.2 Å². The zero-order valence-corrected chi connectivity index (χ0v) is 12.3. The van der Waals surface area contributed by atoms with Gasteiger partial charge in [-0.3, -0.25) is 0 Å². The smallest absolute Gasteiger partial charge is 0.327 e. The largest absolute Gasteiger partial charge is 0.480 e. The fourth-order valence-corrected chi connectivity index (χ4v) is 2.95. The van der Waals surface area contributed by atoms with Crippen molar-refractivity contribution in [3.63, 3.8) is 0 Å². The molecule has 0 radical (unpaired) electrons. The summed E-state index contributed by atoms with van der Waals surface area (Å²) in [6.45, 7) is 1.41. The number of carbonyl (C=O) groups is 2. The van der Waals surface area contributed by atoms with Gasteiger partial charge in [0.05, 0.1) is 19.1 Å². The third-order valence-electron chi connectivity index (χ3n) is 2.99. The molecule has 7 nitrogen and oxygen atoms in total. The highest BCUT2D eigenvalue weighted by Crippen LogP contribution is 2.18. The van der Waals surface area contributed by atoms with Crippen LogP contribution in [-0.4, -0.2) is 77.8 Å². The Bertz CT molecular complexity index is 385. The van der Waals surface area contributed by atoms with E-state index < -0.39 is 12.0 Å². The number of nitriles is 1. The summed E-state index contributed by atoms with van der Waals surface area (Å²) in [5.41, 5.74) is 0. The first kappa shape index (κ1) is 16.6. The number of aliphatic carboxylic acids is 1. The molecule has 0 aliphatic carbocycles. The van der Waals surface area contributed by atoms with Crippen molar-refractivity contribution in [1.82, 2.24) is 9.80 Å². The van der Waals surface area contributed by atoms with E-state index in [-0.39, 0.29) is 19.0 Å². The molecule has 0 aromatic carbocycles. The maximum atomic E-state index is 12.4. The Kier molecular flexibility index (Phi) is 7.18. The number of hydrogen-bond acceptors (Lipinski definition) is 5. The van der Waals surface area contributed by atoms with E-state index in [1.165, 1.54) is 28.7 Å². The molecule has 0 saturated carbocycles. The van der Waals surface area contributed by atoms with Gasteiger partial charge in [-0.1, -0.05) is 0 Å². The van der Waals surface area contributed by atoms with Gasteiger partial charge >= 0.3 is 12.0 Å². The third kappa shape index (κ3) is 4.58. The van der Waals surface area contributed by atoms with Gasteiger partial charge in [0.15, 0.2) is 0 Å². The normalized spacial score (nSPS) is 18.4. The SMILES string of the molecule is COCCN(CCC#N)C(=O)N1CCSCC1C(=O)O. The summed E-state index contributed by atoms with van der Waals surface area (Å²) in [7, 11) is 1.53. The number of urea groups is 1. The average Bonchev–Trinajstić information content (AvgIpc) is 2.46. The number of rotatable bonds is 6. The maximum absolute atomic E-state index is 12.4. The molecule has 8 heteroatoms. The molecule has 1 unspecified atom stereocenters. The quantitative estimate of drug-likeness (QED) is 0.766. The molecule has 1 N–H and O–H groups in total. The lowest BCUT2D eigenvalue weighted by atomic mass is 10.3. The van der Waals surface area contributed by atoms with Crippen LogP contribution in [0.25, 0.3) is 0 Å². The van der Waals surface area contributed by atoms with Gasteiger partial charge in [-0.15, -0.1) is 0 Å². The molecule has 20 heavy (non-hydrogen) atoms. The van der Waals surface area contributed by atoms with Crippen LogP contribution in [0.15, 0.2) is 0 Å². The summed E-state index contributed by atoms with van der Waals surface area (Å²) in [4.78, 5) is 26.5. The second-order valence-corrected chi connectivity index (χ2v) is 5.44. The van der Waals surface area contributed by atoms with Crippen molar-refractivity contribution in [2.24, 2.45) is 0 Å². The summed E-state index contributed by atoms with van der Waals surface area (Å²) in [5.74, 6) is 0.140. The Morgan fingerprint density at radius 2 is 2.30 bits per heavy atom. The monoisotopic (exact) mass is 301 g/mol. The van der Waals surface area contributed by atoms with Crippen LogP contribution in [0, 0.1) is 11.3 Å². The van der Waals surface area contributed by atoms with Crippen molar-refractivity contribution in [3.05, 3.63) is 0 Å². The molecule has 0 spiro atoms. The van der Waals surface area contributed by atoms with Crippen LogP contribution in [0.2, 0.25) is 0 Å². The predicted molar refractivity (Wildman–Crippen MR) is 74.5 cm³/mol. The molecule has 0 aromatic heterocycles. The molecule has 1 heterocycles. The van der Waals surface area contributed by atoms with Crippen LogP contribution < -0.4 is 0 Å². The molecule has 1 fully saturated rings. The fraction of sp³-hybridized carbons (Fsp3) is 0.750. The Balaban J connectivity index is 2.74. The number of nitrogens with zero attached hydrogens (tertiary/aromatic N) is 3. The van der Waals surface area contributed by atoms with Crippen LogP contribution in [0.4, 0.5) is 4.79 Å². The second-order valence-electron chi connectivity index (χ2n) is 4.29. The van der Waals surface area contributed by atoms with E-state index in [4.69, 9.17) is 10.00 Å². The van der Waals surface area contributed by atoms with E-state index in [1.807, 2.05) is 6.07 Å².